The highest BCUT2D eigenvalue weighted by Crippen LogP contribution is 2.20. The lowest BCUT2D eigenvalue weighted by atomic mass is 9.97. The Balaban J connectivity index is 1.66. The summed E-state index contributed by atoms with van der Waals surface area (Å²) in [4.78, 5) is 23.8. The highest BCUT2D eigenvalue weighted by Gasteiger charge is 2.31. The molecule has 5 N–H and O–H groups in total. The summed E-state index contributed by atoms with van der Waals surface area (Å²) in [6, 6.07) is 16.9. The van der Waals surface area contributed by atoms with E-state index in [4.69, 9.17) is 9.84 Å². The predicted molar refractivity (Wildman–Crippen MR) is 116 cm³/mol. The van der Waals surface area contributed by atoms with Crippen LogP contribution in [0.5, 0.6) is 0 Å². The van der Waals surface area contributed by atoms with Crippen molar-refractivity contribution >= 4 is 11.9 Å². The fraction of sp³-hybridized carbons (Fsp3) is 0.391. The van der Waals surface area contributed by atoms with Crippen LogP contribution in [-0.2, 0) is 20.7 Å². The Morgan fingerprint density at radius 1 is 1.10 bits per heavy atom. The van der Waals surface area contributed by atoms with E-state index in [9.17, 15) is 14.7 Å². The molecule has 8 nitrogen and oxygen atoms in total. The number of hydrazine groups is 1. The predicted octanol–water partition coefficient (Wildman–Crippen LogP) is 1.10. The lowest BCUT2D eigenvalue weighted by Crippen LogP contribution is -2.49. The minimum absolute atomic E-state index is 0.0225. The average Bonchev–Trinajstić information content (AvgIpc) is 3.24. The molecular weight excluding hydrogens is 398 g/mol. The lowest BCUT2D eigenvalue weighted by Gasteiger charge is -2.22. The van der Waals surface area contributed by atoms with E-state index in [1.807, 2.05) is 54.6 Å². The third-order valence-corrected chi connectivity index (χ3v) is 5.35. The number of amides is 1. The molecule has 1 aliphatic rings. The number of hydrogen-bond acceptors (Lipinski definition) is 6. The fourth-order valence-corrected chi connectivity index (χ4v) is 3.72. The van der Waals surface area contributed by atoms with Crippen LogP contribution >= 0.6 is 0 Å². The van der Waals surface area contributed by atoms with E-state index in [1.54, 1.807) is 7.11 Å². The van der Waals surface area contributed by atoms with Crippen molar-refractivity contribution in [3.8, 4) is 11.1 Å². The van der Waals surface area contributed by atoms with Crippen molar-refractivity contribution in [3.63, 3.8) is 0 Å². The summed E-state index contributed by atoms with van der Waals surface area (Å²) in [5, 5.41) is 21.9. The van der Waals surface area contributed by atoms with Crippen molar-refractivity contribution in [1.29, 1.82) is 0 Å². The van der Waals surface area contributed by atoms with Crippen molar-refractivity contribution in [2.45, 2.75) is 43.5 Å². The van der Waals surface area contributed by atoms with Crippen LogP contribution in [0.4, 0.5) is 0 Å². The zero-order chi connectivity index (χ0) is 22.2. The number of hydrogen-bond donors (Lipinski definition) is 5. The molecule has 1 heterocycles. The molecule has 2 aromatic rings. The normalized spacial score (nSPS) is 20.2. The number of carbonyl (C=O) groups is 2. The van der Waals surface area contributed by atoms with E-state index in [1.165, 1.54) is 0 Å². The minimum atomic E-state index is -1.55. The van der Waals surface area contributed by atoms with E-state index >= 15 is 0 Å². The molecule has 4 atom stereocenters. The Hall–Kier alpha value is -2.78. The first-order chi connectivity index (χ1) is 15.0. The van der Waals surface area contributed by atoms with Gasteiger partial charge in [-0.15, -0.1) is 0 Å². The van der Waals surface area contributed by atoms with Crippen LogP contribution < -0.4 is 16.2 Å². The quantitative estimate of drug-likeness (QED) is 0.385. The number of aliphatic hydroxyl groups is 1. The molecule has 1 saturated heterocycles. The Bertz CT molecular complexity index is 859. The Labute approximate surface area is 181 Å². The van der Waals surface area contributed by atoms with Crippen LogP contribution in [0.3, 0.4) is 0 Å². The first-order valence-electron chi connectivity index (χ1n) is 10.3. The van der Waals surface area contributed by atoms with Gasteiger partial charge in [0.05, 0.1) is 6.61 Å². The summed E-state index contributed by atoms with van der Waals surface area (Å²) < 4.78 is 5.10. The summed E-state index contributed by atoms with van der Waals surface area (Å²) in [5.74, 6) is -1.55. The third kappa shape index (κ3) is 6.60. The van der Waals surface area contributed by atoms with Gasteiger partial charge in [-0.25, -0.2) is 10.2 Å². The van der Waals surface area contributed by atoms with Crippen molar-refractivity contribution in [3.05, 3.63) is 60.2 Å². The number of methoxy groups -OCH3 is 1. The van der Waals surface area contributed by atoms with Crippen LogP contribution in [0.25, 0.3) is 11.1 Å². The van der Waals surface area contributed by atoms with Crippen molar-refractivity contribution in [2.24, 2.45) is 0 Å². The SMILES string of the molecule is COCC1CC(C(=O)N[C@H](Cc2ccc(-c3ccccc3)cc2)C[C@@H](O)C(=O)O)NN1. The van der Waals surface area contributed by atoms with E-state index in [0.717, 1.165) is 16.7 Å². The van der Waals surface area contributed by atoms with Gasteiger partial charge in [0, 0.05) is 25.6 Å². The second-order valence-electron chi connectivity index (χ2n) is 7.79. The van der Waals surface area contributed by atoms with Crippen molar-refractivity contribution < 1.29 is 24.5 Å². The molecule has 2 unspecified atom stereocenters. The van der Waals surface area contributed by atoms with Gasteiger partial charge in [-0.3, -0.25) is 10.2 Å². The molecule has 0 saturated carbocycles. The molecule has 8 heteroatoms. The lowest BCUT2D eigenvalue weighted by molar-refractivity contribution is -0.147. The smallest absolute Gasteiger partial charge is 0.332 e. The molecule has 166 valence electrons. The van der Waals surface area contributed by atoms with Crippen molar-refractivity contribution in [2.75, 3.05) is 13.7 Å². The van der Waals surface area contributed by atoms with E-state index in [-0.39, 0.29) is 18.4 Å². The zero-order valence-electron chi connectivity index (χ0n) is 17.5. The van der Waals surface area contributed by atoms with E-state index in [0.29, 0.717) is 19.4 Å². The topological polar surface area (TPSA) is 120 Å². The molecule has 1 fully saturated rings. The highest BCUT2D eigenvalue weighted by atomic mass is 16.5. The van der Waals surface area contributed by atoms with Crippen LogP contribution in [0.15, 0.2) is 54.6 Å². The maximum Gasteiger partial charge on any atom is 0.332 e. The van der Waals surface area contributed by atoms with Gasteiger partial charge in [-0.1, -0.05) is 54.6 Å². The summed E-state index contributed by atoms with van der Waals surface area (Å²) in [6.45, 7) is 0.478. The van der Waals surface area contributed by atoms with Crippen LogP contribution in [0.1, 0.15) is 18.4 Å². The number of aliphatic hydroxyl groups excluding tert-OH is 1. The highest BCUT2D eigenvalue weighted by molar-refractivity contribution is 5.82. The number of rotatable bonds is 10. The Morgan fingerprint density at radius 2 is 1.77 bits per heavy atom. The number of nitrogens with one attached hydrogen (secondary N) is 3. The molecule has 31 heavy (non-hydrogen) atoms. The molecule has 0 aliphatic carbocycles. The van der Waals surface area contributed by atoms with Gasteiger partial charge >= 0.3 is 5.97 Å². The largest absolute Gasteiger partial charge is 0.479 e. The molecule has 1 aliphatic heterocycles. The first kappa shape index (κ1) is 22.9. The van der Waals surface area contributed by atoms with Gasteiger partial charge < -0.3 is 20.3 Å². The van der Waals surface area contributed by atoms with Gasteiger partial charge in [-0.05, 0) is 29.5 Å². The first-order valence-corrected chi connectivity index (χ1v) is 10.3. The van der Waals surface area contributed by atoms with Gasteiger partial charge in [0.1, 0.15) is 6.04 Å². The second kappa shape index (κ2) is 11.0. The second-order valence-corrected chi connectivity index (χ2v) is 7.79. The summed E-state index contributed by atoms with van der Waals surface area (Å²) in [5.41, 5.74) is 9.07. The standard InChI is InChI=1S/C23H29N3O5/c1-31-14-19-12-20(26-25-19)22(28)24-18(13-21(27)23(29)30)11-15-7-9-17(10-8-15)16-5-3-2-4-6-16/h2-10,18-21,25-27H,11-14H2,1H3,(H,24,28)(H,29,30)/t18-,19?,20?,21-/m1/s1. The van der Waals surface area contributed by atoms with Gasteiger partial charge in [0.25, 0.3) is 0 Å². The summed E-state index contributed by atoms with van der Waals surface area (Å²) in [7, 11) is 1.60. The summed E-state index contributed by atoms with van der Waals surface area (Å²) >= 11 is 0. The molecule has 2 aromatic carbocycles. The molecular formula is C23H29N3O5. The Morgan fingerprint density at radius 3 is 2.42 bits per heavy atom. The number of carboxylic acids is 1. The van der Waals surface area contributed by atoms with E-state index in [2.05, 4.69) is 16.2 Å². The molecule has 0 spiro atoms. The monoisotopic (exact) mass is 427 g/mol. The summed E-state index contributed by atoms with van der Waals surface area (Å²) in [6.07, 6.45) is -0.667. The number of carboxylic acid groups (broad SMARTS) is 1. The number of benzene rings is 2. The number of carbonyl (C=O) groups excluding carboxylic acids is 1. The third-order valence-electron chi connectivity index (χ3n) is 5.35. The van der Waals surface area contributed by atoms with Gasteiger partial charge in [0.15, 0.2) is 6.10 Å². The number of ether oxygens (including phenoxy) is 1. The van der Waals surface area contributed by atoms with Crippen LogP contribution in [0, 0.1) is 0 Å². The van der Waals surface area contributed by atoms with Crippen LogP contribution in [-0.4, -0.2) is 60.0 Å². The fourth-order valence-electron chi connectivity index (χ4n) is 3.72. The van der Waals surface area contributed by atoms with Crippen LogP contribution in [0.2, 0.25) is 0 Å². The molecule has 0 bridgehead atoms. The molecule has 1 amide bonds. The number of aliphatic carboxylic acids is 1. The maximum atomic E-state index is 12.7. The zero-order valence-corrected chi connectivity index (χ0v) is 17.5. The molecule has 0 aromatic heterocycles. The maximum absolute atomic E-state index is 12.7. The van der Waals surface area contributed by atoms with E-state index < -0.39 is 24.2 Å². The molecule has 3 rings (SSSR count). The Kier molecular flexibility index (Phi) is 8.13. The minimum Gasteiger partial charge on any atom is -0.479 e. The van der Waals surface area contributed by atoms with Gasteiger partial charge in [-0.2, -0.15) is 0 Å². The van der Waals surface area contributed by atoms with Crippen molar-refractivity contribution in [1.82, 2.24) is 16.2 Å². The average molecular weight is 428 g/mol. The molecule has 0 radical (unpaired) electrons. The van der Waals surface area contributed by atoms with Gasteiger partial charge in [0.2, 0.25) is 5.91 Å².